The first kappa shape index (κ1) is 12.7. The van der Waals surface area contributed by atoms with Crippen molar-refractivity contribution in [2.75, 3.05) is 30.3 Å². The van der Waals surface area contributed by atoms with Crippen molar-refractivity contribution in [3.05, 3.63) is 22.2 Å². The molecule has 1 fully saturated rings. The minimum absolute atomic E-state index is 0.292. The Morgan fingerprint density at radius 3 is 3.00 bits per heavy atom. The number of hydrogen-bond donors (Lipinski definition) is 2. The molecule has 0 saturated carbocycles. The quantitative estimate of drug-likeness (QED) is 0.843. The molecule has 0 radical (unpaired) electrons. The van der Waals surface area contributed by atoms with Gasteiger partial charge in [-0.3, -0.25) is 0 Å². The van der Waals surface area contributed by atoms with Gasteiger partial charge in [0, 0.05) is 29.9 Å². The third kappa shape index (κ3) is 2.75. The lowest BCUT2D eigenvalue weighted by Gasteiger charge is -2.21. The zero-order valence-electron chi connectivity index (χ0n) is 10.1. The third-order valence-corrected chi connectivity index (χ3v) is 4.13. The molecule has 0 aliphatic carbocycles. The third-order valence-electron chi connectivity index (χ3n) is 3.50. The lowest BCUT2D eigenvalue weighted by molar-refractivity contribution is 0.263. The van der Waals surface area contributed by atoms with Gasteiger partial charge in [-0.2, -0.15) is 0 Å². The highest BCUT2D eigenvalue weighted by molar-refractivity contribution is 9.10. The van der Waals surface area contributed by atoms with Crippen LogP contribution in [-0.4, -0.2) is 24.8 Å². The molecular weight excluding hydrogens is 280 g/mol. The fraction of sp³-hybridized carbons (Fsp3) is 0.538. The minimum Gasteiger partial charge on any atom is -0.398 e. The van der Waals surface area contributed by atoms with Crippen LogP contribution in [0.3, 0.4) is 0 Å². The predicted molar refractivity (Wildman–Crippen MR) is 75.3 cm³/mol. The van der Waals surface area contributed by atoms with Crippen molar-refractivity contribution in [3.8, 4) is 0 Å². The van der Waals surface area contributed by atoms with Gasteiger partial charge in [0.1, 0.15) is 0 Å². The lowest BCUT2D eigenvalue weighted by atomic mass is 10.1. The lowest BCUT2D eigenvalue weighted by Crippen LogP contribution is -2.20. The minimum atomic E-state index is 0.292. The van der Waals surface area contributed by atoms with Gasteiger partial charge in [0.2, 0.25) is 0 Å². The van der Waals surface area contributed by atoms with Crippen molar-refractivity contribution in [1.82, 2.24) is 0 Å². The highest BCUT2D eigenvalue weighted by atomic mass is 79.9. The summed E-state index contributed by atoms with van der Waals surface area (Å²) < 4.78 is 1.06. The Morgan fingerprint density at radius 1 is 1.53 bits per heavy atom. The zero-order chi connectivity index (χ0) is 12.4. The molecule has 1 aromatic carbocycles. The van der Waals surface area contributed by atoms with Crippen LogP contribution in [0.2, 0.25) is 0 Å². The van der Waals surface area contributed by atoms with Gasteiger partial charge in [0.25, 0.3) is 0 Å². The maximum atomic E-state index is 8.97. The number of rotatable bonds is 3. The number of hydrogen-bond acceptors (Lipinski definition) is 3. The van der Waals surface area contributed by atoms with E-state index in [0.717, 1.165) is 41.7 Å². The highest BCUT2D eigenvalue weighted by Crippen LogP contribution is 2.34. The number of nitrogens with zero attached hydrogens (tertiary/aromatic N) is 1. The summed E-state index contributed by atoms with van der Waals surface area (Å²) in [7, 11) is 0. The molecule has 0 aromatic heterocycles. The fourth-order valence-corrected chi connectivity index (χ4v) is 3.01. The summed E-state index contributed by atoms with van der Waals surface area (Å²) in [5.74, 6) is 0.616. The van der Waals surface area contributed by atoms with Crippen LogP contribution in [0.15, 0.2) is 16.6 Å². The van der Waals surface area contributed by atoms with Crippen molar-refractivity contribution in [3.63, 3.8) is 0 Å². The van der Waals surface area contributed by atoms with Crippen LogP contribution in [0.25, 0.3) is 0 Å². The van der Waals surface area contributed by atoms with Gasteiger partial charge in [0.15, 0.2) is 0 Å². The van der Waals surface area contributed by atoms with E-state index in [-0.39, 0.29) is 0 Å². The molecular formula is C13H19BrN2O. The van der Waals surface area contributed by atoms with Gasteiger partial charge < -0.3 is 15.7 Å². The average molecular weight is 299 g/mol. The van der Waals surface area contributed by atoms with E-state index in [2.05, 4.69) is 26.9 Å². The first-order chi connectivity index (χ1) is 8.11. The molecule has 2 rings (SSSR count). The standard InChI is InChI=1S/C13H19BrN2O/c1-9-6-13(11(14)7-12(9)15)16-4-2-10(8-16)3-5-17/h6-7,10,17H,2-5,8,15H2,1H3. The number of halogens is 1. The van der Waals surface area contributed by atoms with Crippen LogP contribution in [0.1, 0.15) is 18.4 Å². The van der Waals surface area contributed by atoms with E-state index in [1.807, 2.05) is 13.0 Å². The van der Waals surface area contributed by atoms with Gasteiger partial charge in [-0.1, -0.05) is 0 Å². The van der Waals surface area contributed by atoms with Crippen LogP contribution >= 0.6 is 15.9 Å². The van der Waals surface area contributed by atoms with Crippen molar-refractivity contribution >= 4 is 27.3 Å². The number of aliphatic hydroxyl groups excluding tert-OH is 1. The van der Waals surface area contributed by atoms with Crippen molar-refractivity contribution < 1.29 is 5.11 Å². The molecule has 1 aliphatic heterocycles. The monoisotopic (exact) mass is 298 g/mol. The van der Waals surface area contributed by atoms with Crippen LogP contribution < -0.4 is 10.6 Å². The van der Waals surface area contributed by atoms with E-state index in [1.165, 1.54) is 5.69 Å². The summed E-state index contributed by atoms with van der Waals surface area (Å²) in [6, 6.07) is 4.12. The Labute approximate surface area is 111 Å². The van der Waals surface area contributed by atoms with E-state index in [1.54, 1.807) is 0 Å². The largest absolute Gasteiger partial charge is 0.398 e. The Hall–Kier alpha value is -0.740. The Balaban J connectivity index is 2.16. The van der Waals surface area contributed by atoms with Crippen LogP contribution in [0, 0.1) is 12.8 Å². The maximum Gasteiger partial charge on any atom is 0.0514 e. The Bertz CT molecular complexity index is 409. The van der Waals surface area contributed by atoms with E-state index >= 15 is 0 Å². The first-order valence-corrected chi connectivity index (χ1v) is 6.82. The van der Waals surface area contributed by atoms with Crippen LogP contribution in [0.5, 0.6) is 0 Å². The molecule has 0 spiro atoms. The zero-order valence-corrected chi connectivity index (χ0v) is 11.7. The van der Waals surface area contributed by atoms with Crippen molar-refractivity contribution in [2.45, 2.75) is 19.8 Å². The molecule has 1 atom stereocenters. The summed E-state index contributed by atoms with van der Waals surface area (Å²) in [6.45, 7) is 4.42. The second-order valence-corrected chi connectivity index (χ2v) is 5.63. The number of anilines is 2. The molecule has 1 unspecified atom stereocenters. The second-order valence-electron chi connectivity index (χ2n) is 4.77. The Morgan fingerprint density at radius 2 is 2.29 bits per heavy atom. The van der Waals surface area contributed by atoms with E-state index < -0.39 is 0 Å². The molecule has 17 heavy (non-hydrogen) atoms. The number of benzene rings is 1. The molecule has 94 valence electrons. The average Bonchev–Trinajstić information content (AvgIpc) is 2.72. The van der Waals surface area contributed by atoms with Gasteiger partial charge in [0.05, 0.1) is 5.69 Å². The second kappa shape index (κ2) is 5.27. The SMILES string of the molecule is Cc1cc(N2CCC(CCO)C2)c(Br)cc1N. The molecule has 1 heterocycles. The highest BCUT2D eigenvalue weighted by Gasteiger charge is 2.23. The van der Waals surface area contributed by atoms with Gasteiger partial charge in [-0.15, -0.1) is 0 Å². The smallest absolute Gasteiger partial charge is 0.0514 e. The van der Waals surface area contributed by atoms with Crippen LogP contribution in [-0.2, 0) is 0 Å². The number of aryl methyl sites for hydroxylation is 1. The molecule has 3 N–H and O–H groups in total. The summed E-state index contributed by atoms with van der Waals surface area (Å²) >= 11 is 3.58. The molecule has 0 bridgehead atoms. The van der Waals surface area contributed by atoms with E-state index in [9.17, 15) is 0 Å². The summed E-state index contributed by atoms with van der Waals surface area (Å²) in [5, 5.41) is 8.97. The van der Waals surface area contributed by atoms with Gasteiger partial charge >= 0.3 is 0 Å². The van der Waals surface area contributed by atoms with Crippen LogP contribution in [0.4, 0.5) is 11.4 Å². The van der Waals surface area contributed by atoms with Gasteiger partial charge in [-0.05, 0) is 59.3 Å². The summed E-state index contributed by atoms with van der Waals surface area (Å²) in [5.41, 5.74) is 9.05. The maximum absolute atomic E-state index is 8.97. The number of aliphatic hydroxyl groups is 1. The Kier molecular flexibility index (Phi) is 3.94. The van der Waals surface area contributed by atoms with Crippen molar-refractivity contribution in [2.24, 2.45) is 5.92 Å². The normalized spacial score (nSPS) is 19.9. The fourth-order valence-electron chi connectivity index (χ4n) is 2.39. The summed E-state index contributed by atoms with van der Waals surface area (Å²) in [6.07, 6.45) is 2.07. The molecule has 1 saturated heterocycles. The molecule has 4 heteroatoms. The van der Waals surface area contributed by atoms with Gasteiger partial charge in [-0.25, -0.2) is 0 Å². The molecule has 0 amide bonds. The van der Waals surface area contributed by atoms with Crippen molar-refractivity contribution in [1.29, 1.82) is 0 Å². The molecule has 1 aliphatic rings. The molecule has 1 aromatic rings. The number of nitrogens with two attached hydrogens (primary N) is 1. The predicted octanol–water partition coefficient (Wildman–Crippen LogP) is 2.55. The number of nitrogen functional groups attached to an aromatic ring is 1. The molecule has 3 nitrogen and oxygen atoms in total. The topological polar surface area (TPSA) is 49.5 Å². The van der Waals surface area contributed by atoms with E-state index in [0.29, 0.717) is 12.5 Å². The van der Waals surface area contributed by atoms with E-state index in [4.69, 9.17) is 10.8 Å². The summed E-state index contributed by atoms with van der Waals surface area (Å²) in [4.78, 5) is 2.37. The first-order valence-electron chi connectivity index (χ1n) is 6.03.